The van der Waals surface area contributed by atoms with Gasteiger partial charge in [-0.25, -0.2) is 4.90 Å². The number of anilines is 2. The van der Waals surface area contributed by atoms with E-state index in [2.05, 4.69) is 5.32 Å². The van der Waals surface area contributed by atoms with Gasteiger partial charge in [0.15, 0.2) is 0 Å². The van der Waals surface area contributed by atoms with E-state index in [-0.39, 0.29) is 11.3 Å². The van der Waals surface area contributed by atoms with Crippen LogP contribution in [-0.2, 0) is 9.59 Å². The van der Waals surface area contributed by atoms with Crippen molar-refractivity contribution < 1.29 is 14.3 Å². The van der Waals surface area contributed by atoms with Gasteiger partial charge in [0.2, 0.25) is 0 Å². The Bertz CT molecular complexity index is 1420. The maximum Gasteiger partial charge on any atom is 0.282 e. The van der Waals surface area contributed by atoms with Crippen molar-refractivity contribution in [2.24, 2.45) is 0 Å². The Balaban J connectivity index is 1.67. The van der Waals surface area contributed by atoms with Crippen molar-refractivity contribution in [1.29, 1.82) is 0 Å². The summed E-state index contributed by atoms with van der Waals surface area (Å²) in [6.45, 7) is 0. The molecule has 4 aromatic rings. The number of benzene rings is 4. The Hall–Kier alpha value is -4.09. The molecule has 0 aliphatic carbocycles. The number of fused-ring (bicyclic) bond motifs is 1. The van der Waals surface area contributed by atoms with E-state index in [1.807, 2.05) is 42.5 Å². The van der Waals surface area contributed by atoms with Gasteiger partial charge < -0.3 is 10.1 Å². The van der Waals surface area contributed by atoms with Crippen molar-refractivity contribution in [2.45, 2.75) is 0 Å². The second kappa shape index (κ2) is 8.45. The molecule has 5 nitrogen and oxygen atoms in total. The number of nitrogens with one attached hydrogen (secondary N) is 1. The van der Waals surface area contributed by atoms with E-state index >= 15 is 0 Å². The first kappa shape index (κ1) is 20.8. The van der Waals surface area contributed by atoms with Crippen LogP contribution in [0.3, 0.4) is 0 Å². The van der Waals surface area contributed by atoms with Gasteiger partial charge in [-0.05, 0) is 41.3 Å². The zero-order valence-electron chi connectivity index (χ0n) is 17.7. The highest BCUT2D eigenvalue weighted by Gasteiger charge is 2.41. The monoisotopic (exact) mass is 454 g/mol. The zero-order valence-corrected chi connectivity index (χ0v) is 18.5. The maximum absolute atomic E-state index is 13.6. The first-order chi connectivity index (χ1) is 16.1. The minimum atomic E-state index is -0.466. The molecule has 0 unspecified atom stereocenters. The fourth-order valence-electron chi connectivity index (χ4n) is 3.99. The topological polar surface area (TPSA) is 58.6 Å². The highest BCUT2D eigenvalue weighted by Crippen LogP contribution is 2.37. The van der Waals surface area contributed by atoms with Crippen molar-refractivity contribution >= 4 is 51.1 Å². The van der Waals surface area contributed by atoms with Gasteiger partial charge in [0.1, 0.15) is 11.4 Å². The Labute approximate surface area is 195 Å². The number of imide groups is 1. The average molecular weight is 455 g/mol. The van der Waals surface area contributed by atoms with E-state index in [0.717, 1.165) is 21.4 Å². The highest BCUT2D eigenvalue weighted by atomic mass is 35.5. The first-order valence-corrected chi connectivity index (χ1v) is 10.7. The standard InChI is InChI=1S/C27H19ClN2O3/c1-33-19-15-13-18(14-16-19)24-25(29-22-11-6-8-17-7-2-3-9-20(17)22)27(32)30(26(24)31)23-12-5-4-10-21(23)28/h2-16,29H,1H3. The Morgan fingerprint density at radius 2 is 1.48 bits per heavy atom. The summed E-state index contributed by atoms with van der Waals surface area (Å²) in [5.41, 5.74) is 2.15. The summed E-state index contributed by atoms with van der Waals surface area (Å²) in [6, 6.07) is 27.5. The summed E-state index contributed by atoms with van der Waals surface area (Å²) < 4.78 is 5.25. The largest absolute Gasteiger partial charge is 0.497 e. The van der Waals surface area contributed by atoms with E-state index < -0.39 is 11.8 Å². The summed E-state index contributed by atoms with van der Waals surface area (Å²) in [6.07, 6.45) is 0. The van der Waals surface area contributed by atoms with Crippen LogP contribution < -0.4 is 15.0 Å². The van der Waals surface area contributed by atoms with Crippen molar-refractivity contribution in [3.63, 3.8) is 0 Å². The number of hydrogen-bond acceptors (Lipinski definition) is 4. The Morgan fingerprint density at radius 1 is 0.788 bits per heavy atom. The number of nitrogens with zero attached hydrogens (tertiary/aromatic N) is 1. The molecule has 162 valence electrons. The van der Waals surface area contributed by atoms with E-state index in [0.29, 0.717) is 22.0 Å². The van der Waals surface area contributed by atoms with Crippen LogP contribution in [0.2, 0.25) is 5.02 Å². The molecule has 1 heterocycles. The Morgan fingerprint density at radius 3 is 2.24 bits per heavy atom. The van der Waals surface area contributed by atoms with E-state index in [9.17, 15) is 9.59 Å². The fraction of sp³-hybridized carbons (Fsp3) is 0.0370. The highest BCUT2D eigenvalue weighted by molar-refractivity contribution is 6.48. The van der Waals surface area contributed by atoms with Crippen molar-refractivity contribution in [1.82, 2.24) is 0 Å². The van der Waals surface area contributed by atoms with Crippen LogP contribution in [0.25, 0.3) is 16.3 Å². The fourth-order valence-corrected chi connectivity index (χ4v) is 4.21. The summed E-state index contributed by atoms with van der Waals surface area (Å²) in [5.74, 6) is -0.254. The lowest BCUT2D eigenvalue weighted by molar-refractivity contribution is -0.120. The molecule has 0 bridgehead atoms. The summed E-state index contributed by atoms with van der Waals surface area (Å²) in [5, 5.41) is 5.54. The third-order valence-corrected chi connectivity index (χ3v) is 5.92. The molecule has 0 fully saturated rings. The van der Waals surface area contributed by atoms with Gasteiger partial charge in [0.25, 0.3) is 11.8 Å². The quantitative estimate of drug-likeness (QED) is 0.381. The first-order valence-electron chi connectivity index (χ1n) is 10.4. The van der Waals surface area contributed by atoms with Gasteiger partial charge in [-0.15, -0.1) is 0 Å². The van der Waals surface area contributed by atoms with E-state index in [1.165, 1.54) is 0 Å². The second-order valence-electron chi connectivity index (χ2n) is 7.53. The number of halogens is 1. The predicted molar refractivity (Wildman–Crippen MR) is 131 cm³/mol. The van der Waals surface area contributed by atoms with Gasteiger partial charge >= 0.3 is 0 Å². The molecule has 6 heteroatoms. The van der Waals surface area contributed by atoms with Crippen LogP contribution in [0.1, 0.15) is 5.56 Å². The van der Waals surface area contributed by atoms with Crippen molar-refractivity contribution in [2.75, 3.05) is 17.3 Å². The number of amides is 2. The molecular weight excluding hydrogens is 436 g/mol. The molecule has 2 amide bonds. The number of rotatable bonds is 5. The molecule has 0 spiro atoms. The van der Waals surface area contributed by atoms with Gasteiger partial charge in [-0.1, -0.05) is 72.3 Å². The molecule has 0 aromatic heterocycles. The molecule has 1 N–H and O–H groups in total. The van der Waals surface area contributed by atoms with Gasteiger partial charge in [0.05, 0.1) is 23.4 Å². The third kappa shape index (κ3) is 3.62. The smallest absolute Gasteiger partial charge is 0.282 e. The normalized spacial score (nSPS) is 13.7. The van der Waals surface area contributed by atoms with Crippen LogP contribution >= 0.6 is 11.6 Å². The number of carbonyl (C=O) groups is 2. The minimum Gasteiger partial charge on any atom is -0.497 e. The van der Waals surface area contributed by atoms with Crippen LogP contribution in [0.5, 0.6) is 5.75 Å². The summed E-state index contributed by atoms with van der Waals surface area (Å²) >= 11 is 6.35. The molecular formula is C27H19ClN2O3. The molecule has 0 atom stereocenters. The maximum atomic E-state index is 13.6. The van der Waals surface area contributed by atoms with Crippen LogP contribution in [0.15, 0.2) is 96.7 Å². The van der Waals surface area contributed by atoms with E-state index in [1.54, 1.807) is 55.6 Å². The van der Waals surface area contributed by atoms with Crippen molar-refractivity contribution in [3.05, 3.63) is 107 Å². The Kier molecular flexibility index (Phi) is 5.32. The molecule has 0 radical (unpaired) electrons. The van der Waals surface area contributed by atoms with Crippen LogP contribution in [0, 0.1) is 0 Å². The molecule has 1 aliphatic heterocycles. The SMILES string of the molecule is COc1ccc(C2=C(Nc3cccc4ccccc34)C(=O)N(c3ccccc3Cl)C2=O)cc1. The van der Waals surface area contributed by atoms with Gasteiger partial charge in [0, 0.05) is 11.1 Å². The number of ether oxygens (including phenoxy) is 1. The van der Waals surface area contributed by atoms with E-state index in [4.69, 9.17) is 16.3 Å². The lowest BCUT2D eigenvalue weighted by atomic mass is 10.0. The summed E-state index contributed by atoms with van der Waals surface area (Å²) in [7, 11) is 1.57. The van der Waals surface area contributed by atoms with Gasteiger partial charge in [-0.2, -0.15) is 0 Å². The molecule has 5 rings (SSSR count). The predicted octanol–water partition coefficient (Wildman–Crippen LogP) is 5.90. The minimum absolute atomic E-state index is 0.196. The lowest BCUT2D eigenvalue weighted by Crippen LogP contribution is -2.32. The number of para-hydroxylation sites is 1. The second-order valence-corrected chi connectivity index (χ2v) is 7.93. The van der Waals surface area contributed by atoms with Crippen LogP contribution in [0.4, 0.5) is 11.4 Å². The molecule has 1 aliphatic rings. The van der Waals surface area contributed by atoms with Gasteiger partial charge in [-0.3, -0.25) is 9.59 Å². The molecule has 0 saturated heterocycles. The third-order valence-electron chi connectivity index (χ3n) is 5.61. The zero-order chi connectivity index (χ0) is 22.9. The van der Waals surface area contributed by atoms with Crippen LogP contribution in [-0.4, -0.2) is 18.9 Å². The van der Waals surface area contributed by atoms with Crippen molar-refractivity contribution in [3.8, 4) is 5.75 Å². The number of carbonyl (C=O) groups excluding carboxylic acids is 2. The lowest BCUT2D eigenvalue weighted by Gasteiger charge is -2.17. The number of hydrogen-bond donors (Lipinski definition) is 1. The summed E-state index contributed by atoms with van der Waals surface area (Å²) in [4.78, 5) is 28.3. The average Bonchev–Trinajstić information content (AvgIpc) is 3.09. The number of methoxy groups -OCH3 is 1. The molecule has 33 heavy (non-hydrogen) atoms. The molecule has 4 aromatic carbocycles. The molecule has 0 saturated carbocycles.